The van der Waals surface area contributed by atoms with Gasteiger partial charge in [0.1, 0.15) is 6.54 Å². The number of nitriles is 1. The summed E-state index contributed by atoms with van der Waals surface area (Å²) in [6, 6.07) is 13.3. The Kier molecular flexibility index (Phi) is 7.25. The number of hydrogen-bond donors (Lipinski definition) is 3. The van der Waals surface area contributed by atoms with Gasteiger partial charge in [-0.05, 0) is 56.2 Å². The van der Waals surface area contributed by atoms with E-state index in [0.717, 1.165) is 37.9 Å². The second-order valence-electron chi connectivity index (χ2n) is 7.29. The van der Waals surface area contributed by atoms with Crippen LogP contribution in [0.3, 0.4) is 0 Å². The number of benzene rings is 1. The Bertz CT molecular complexity index is 885. The molecule has 152 valence electrons. The molecule has 29 heavy (non-hydrogen) atoms. The Morgan fingerprint density at radius 2 is 1.90 bits per heavy atom. The van der Waals surface area contributed by atoms with Crippen molar-refractivity contribution in [1.29, 1.82) is 5.26 Å². The van der Waals surface area contributed by atoms with Crippen molar-refractivity contribution in [3.8, 4) is 6.07 Å². The smallest absolute Gasteiger partial charge is 0.251 e. The van der Waals surface area contributed by atoms with Crippen LogP contribution >= 0.6 is 11.3 Å². The van der Waals surface area contributed by atoms with Gasteiger partial charge in [0.05, 0.1) is 12.0 Å². The van der Waals surface area contributed by atoms with Gasteiger partial charge in [0, 0.05) is 33.6 Å². The average molecular weight is 411 g/mol. The van der Waals surface area contributed by atoms with Gasteiger partial charge >= 0.3 is 0 Å². The van der Waals surface area contributed by atoms with E-state index in [-0.39, 0.29) is 30.3 Å². The lowest BCUT2D eigenvalue weighted by atomic mass is 9.83. The number of carbonyl (C=O) groups excluding carboxylic acids is 2. The Morgan fingerprint density at radius 3 is 2.59 bits per heavy atom. The van der Waals surface area contributed by atoms with E-state index in [0.29, 0.717) is 5.56 Å². The third kappa shape index (κ3) is 5.81. The zero-order valence-electron chi connectivity index (χ0n) is 16.5. The molecule has 1 fully saturated rings. The fraction of sp³-hybridized carbons (Fsp3) is 0.409. The molecule has 1 aromatic heterocycles. The molecular weight excluding hydrogens is 384 g/mol. The molecule has 2 atom stereocenters. The highest BCUT2D eigenvalue weighted by Gasteiger charge is 2.32. The van der Waals surface area contributed by atoms with E-state index >= 15 is 0 Å². The van der Waals surface area contributed by atoms with Crippen molar-refractivity contribution >= 4 is 28.8 Å². The predicted octanol–water partition coefficient (Wildman–Crippen LogP) is 3.60. The Balaban J connectivity index is 1.56. The SMILES string of the molecule is Cc1ccc(CNc2ccc(C(=O)N[C@H]3CCCC[C@H]3C(=O)NCC#N)cc2)s1. The standard InChI is InChI=1S/C22H26N4O2S/c1-15-6-11-18(29-15)14-25-17-9-7-16(8-10-17)21(27)26-20-5-3-2-4-19(20)22(28)24-13-12-23/h6-11,19-20,25H,2-5,13-14H2,1H3,(H,24,28)(H,26,27)/t19-,20+/m1/s1. The Hall–Kier alpha value is -2.85. The van der Waals surface area contributed by atoms with E-state index in [1.165, 1.54) is 9.75 Å². The minimum Gasteiger partial charge on any atom is -0.380 e. The normalized spacial score (nSPS) is 18.5. The van der Waals surface area contributed by atoms with Crippen molar-refractivity contribution in [2.45, 2.75) is 45.2 Å². The number of rotatable bonds is 7. The van der Waals surface area contributed by atoms with Crippen LogP contribution in [-0.2, 0) is 11.3 Å². The zero-order chi connectivity index (χ0) is 20.6. The van der Waals surface area contributed by atoms with Gasteiger partial charge in [-0.2, -0.15) is 5.26 Å². The van der Waals surface area contributed by atoms with Gasteiger partial charge in [-0.25, -0.2) is 0 Å². The third-order valence-corrected chi connectivity index (χ3v) is 6.17. The van der Waals surface area contributed by atoms with Crippen LogP contribution in [0, 0.1) is 24.2 Å². The van der Waals surface area contributed by atoms with Gasteiger partial charge in [-0.3, -0.25) is 9.59 Å². The van der Waals surface area contributed by atoms with Crippen LogP contribution < -0.4 is 16.0 Å². The molecule has 3 rings (SSSR count). The number of amides is 2. The van der Waals surface area contributed by atoms with Crippen LogP contribution in [0.5, 0.6) is 0 Å². The molecule has 7 heteroatoms. The molecule has 1 aliphatic rings. The highest BCUT2D eigenvalue weighted by Crippen LogP contribution is 2.25. The molecule has 2 amide bonds. The number of hydrogen-bond acceptors (Lipinski definition) is 5. The summed E-state index contributed by atoms with van der Waals surface area (Å²) in [6.07, 6.45) is 3.45. The van der Waals surface area contributed by atoms with Gasteiger partial charge in [0.2, 0.25) is 5.91 Å². The maximum absolute atomic E-state index is 12.7. The second-order valence-corrected chi connectivity index (χ2v) is 8.66. The van der Waals surface area contributed by atoms with Gasteiger partial charge < -0.3 is 16.0 Å². The highest BCUT2D eigenvalue weighted by molar-refractivity contribution is 7.11. The van der Waals surface area contributed by atoms with Gasteiger partial charge in [-0.15, -0.1) is 11.3 Å². The van der Waals surface area contributed by atoms with Crippen molar-refractivity contribution in [1.82, 2.24) is 10.6 Å². The summed E-state index contributed by atoms with van der Waals surface area (Å²) in [4.78, 5) is 27.5. The minimum absolute atomic E-state index is 0.00446. The molecular formula is C22H26N4O2S. The minimum atomic E-state index is -0.281. The molecule has 0 unspecified atom stereocenters. The number of aryl methyl sites for hydroxylation is 1. The van der Waals surface area contributed by atoms with Crippen molar-refractivity contribution in [3.63, 3.8) is 0 Å². The molecule has 0 aliphatic heterocycles. The summed E-state index contributed by atoms with van der Waals surface area (Å²) in [7, 11) is 0. The fourth-order valence-electron chi connectivity index (χ4n) is 3.64. The molecule has 0 bridgehead atoms. The van der Waals surface area contributed by atoms with E-state index < -0.39 is 0 Å². The first-order valence-corrected chi connectivity index (χ1v) is 10.7. The molecule has 0 saturated heterocycles. The largest absolute Gasteiger partial charge is 0.380 e. The lowest BCUT2D eigenvalue weighted by Gasteiger charge is -2.31. The monoisotopic (exact) mass is 410 g/mol. The molecule has 1 heterocycles. The summed E-state index contributed by atoms with van der Waals surface area (Å²) in [5, 5.41) is 17.7. The van der Waals surface area contributed by atoms with Crippen molar-refractivity contribution in [2.24, 2.45) is 5.92 Å². The van der Waals surface area contributed by atoms with Crippen molar-refractivity contribution in [2.75, 3.05) is 11.9 Å². The van der Waals surface area contributed by atoms with Crippen LogP contribution in [0.4, 0.5) is 5.69 Å². The third-order valence-electron chi connectivity index (χ3n) is 5.17. The number of nitrogens with one attached hydrogen (secondary N) is 3. The zero-order valence-corrected chi connectivity index (χ0v) is 17.3. The topological polar surface area (TPSA) is 94.0 Å². The quantitative estimate of drug-likeness (QED) is 0.608. The van der Waals surface area contributed by atoms with E-state index in [4.69, 9.17) is 5.26 Å². The second kappa shape index (κ2) is 10.1. The maximum atomic E-state index is 12.7. The van der Waals surface area contributed by atoms with Crippen LogP contribution in [0.15, 0.2) is 36.4 Å². The lowest BCUT2D eigenvalue weighted by Crippen LogP contribution is -2.48. The van der Waals surface area contributed by atoms with Crippen LogP contribution in [0.25, 0.3) is 0 Å². The molecule has 3 N–H and O–H groups in total. The fourth-order valence-corrected chi connectivity index (χ4v) is 4.47. The first-order chi connectivity index (χ1) is 14.1. The van der Waals surface area contributed by atoms with Crippen LogP contribution in [-0.4, -0.2) is 24.4 Å². The summed E-state index contributed by atoms with van der Waals surface area (Å²) in [6.45, 7) is 2.84. The molecule has 1 aliphatic carbocycles. The number of anilines is 1. The summed E-state index contributed by atoms with van der Waals surface area (Å²) in [5.74, 6) is -0.605. The maximum Gasteiger partial charge on any atom is 0.251 e. The van der Waals surface area contributed by atoms with Crippen LogP contribution in [0.1, 0.15) is 45.8 Å². The summed E-state index contributed by atoms with van der Waals surface area (Å²) in [5.41, 5.74) is 1.53. The highest BCUT2D eigenvalue weighted by atomic mass is 32.1. The van der Waals surface area contributed by atoms with Gasteiger partial charge in [0.25, 0.3) is 5.91 Å². The van der Waals surface area contributed by atoms with Crippen molar-refractivity contribution < 1.29 is 9.59 Å². The number of carbonyl (C=O) groups is 2. The molecule has 1 saturated carbocycles. The first-order valence-electron chi connectivity index (χ1n) is 9.91. The predicted molar refractivity (Wildman–Crippen MR) is 115 cm³/mol. The molecule has 1 aromatic carbocycles. The van der Waals surface area contributed by atoms with Crippen molar-refractivity contribution in [3.05, 3.63) is 51.7 Å². The van der Waals surface area contributed by atoms with Crippen LogP contribution in [0.2, 0.25) is 0 Å². The lowest BCUT2D eigenvalue weighted by molar-refractivity contribution is -0.126. The van der Waals surface area contributed by atoms with E-state index in [2.05, 4.69) is 35.0 Å². The summed E-state index contributed by atoms with van der Waals surface area (Å²) >= 11 is 1.76. The first kappa shape index (κ1) is 20.9. The number of thiophene rings is 1. The van der Waals surface area contributed by atoms with E-state index in [1.54, 1.807) is 23.5 Å². The van der Waals surface area contributed by atoms with Gasteiger partial charge in [-0.1, -0.05) is 12.8 Å². The Morgan fingerprint density at radius 1 is 1.14 bits per heavy atom. The molecule has 2 aromatic rings. The Labute approximate surface area is 175 Å². The summed E-state index contributed by atoms with van der Waals surface area (Å²) < 4.78 is 0. The van der Waals surface area contributed by atoms with E-state index in [9.17, 15) is 9.59 Å². The number of nitrogens with zero attached hydrogens (tertiary/aromatic N) is 1. The van der Waals surface area contributed by atoms with E-state index in [1.807, 2.05) is 18.2 Å². The van der Waals surface area contributed by atoms with Gasteiger partial charge in [0.15, 0.2) is 0 Å². The molecule has 0 radical (unpaired) electrons. The average Bonchev–Trinajstić information content (AvgIpc) is 3.16. The molecule has 0 spiro atoms. The molecule has 6 nitrogen and oxygen atoms in total.